The van der Waals surface area contributed by atoms with Crippen LogP contribution in [0.3, 0.4) is 0 Å². The SMILES string of the molecule is CCCNC(=O)N1CCN(c2ncnc3[nH]c(-c4cccnc4)cc23)CC1. The van der Waals surface area contributed by atoms with Crippen molar-refractivity contribution in [3.05, 3.63) is 36.9 Å². The van der Waals surface area contributed by atoms with Crippen LogP contribution in [-0.2, 0) is 0 Å². The first kappa shape index (κ1) is 17.3. The molecule has 3 aromatic rings. The van der Waals surface area contributed by atoms with Gasteiger partial charge in [0.25, 0.3) is 0 Å². The first-order valence-corrected chi connectivity index (χ1v) is 9.28. The number of nitrogens with one attached hydrogen (secondary N) is 2. The summed E-state index contributed by atoms with van der Waals surface area (Å²) in [5.41, 5.74) is 2.79. The van der Waals surface area contributed by atoms with Crippen LogP contribution in [0.15, 0.2) is 36.9 Å². The molecule has 1 fully saturated rings. The second kappa shape index (κ2) is 7.61. The summed E-state index contributed by atoms with van der Waals surface area (Å²) in [6.07, 6.45) is 6.11. The van der Waals surface area contributed by atoms with Gasteiger partial charge in [0.2, 0.25) is 0 Å². The number of carbonyl (C=O) groups excluding carboxylic acids is 1. The van der Waals surface area contributed by atoms with Crippen LogP contribution in [0.25, 0.3) is 22.3 Å². The fourth-order valence-electron chi connectivity index (χ4n) is 3.32. The van der Waals surface area contributed by atoms with E-state index in [9.17, 15) is 4.79 Å². The molecule has 0 radical (unpaired) electrons. The number of aromatic amines is 1. The lowest BCUT2D eigenvalue weighted by molar-refractivity contribution is 0.194. The number of amides is 2. The van der Waals surface area contributed by atoms with Crippen LogP contribution in [0.2, 0.25) is 0 Å². The molecular weight excluding hydrogens is 342 g/mol. The Balaban J connectivity index is 1.53. The Kier molecular flexibility index (Phi) is 4.86. The number of hydrogen-bond donors (Lipinski definition) is 2. The van der Waals surface area contributed by atoms with Crippen LogP contribution in [0.4, 0.5) is 10.6 Å². The predicted molar refractivity (Wildman–Crippen MR) is 105 cm³/mol. The van der Waals surface area contributed by atoms with Crippen molar-refractivity contribution in [3.8, 4) is 11.3 Å². The summed E-state index contributed by atoms with van der Waals surface area (Å²) >= 11 is 0. The highest BCUT2D eigenvalue weighted by molar-refractivity contribution is 5.92. The molecule has 0 saturated carbocycles. The summed E-state index contributed by atoms with van der Waals surface area (Å²) in [5, 5.41) is 3.93. The van der Waals surface area contributed by atoms with Crippen molar-refractivity contribution >= 4 is 22.9 Å². The van der Waals surface area contributed by atoms with Crippen molar-refractivity contribution in [1.29, 1.82) is 0 Å². The van der Waals surface area contributed by atoms with Gasteiger partial charge in [-0.3, -0.25) is 4.98 Å². The molecule has 0 aromatic carbocycles. The number of pyridine rings is 1. The molecule has 0 atom stereocenters. The standard InChI is InChI=1S/C19H23N7O/c1-2-5-21-19(27)26-9-7-25(8-10-26)18-15-11-16(14-4-3-6-20-12-14)24-17(15)22-13-23-18/h3-4,6,11-13H,2,5,7-10H2,1H3,(H,21,27)(H,22,23,24). The minimum absolute atomic E-state index is 0.0184. The average Bonchev–Trinajstić information content (AvgIpc) is 3.17. The van der Waals surface area contributed by atoms with Gasteiger partial charge >= 0.3 is 6.03 Å². The zero-order chi connectivity index (χ0) is 18.6. The van der Waals surface area contributed by atoms with Crippen LogP contribution < -0.4 is 10.2 Å². The molecule has 1 saturated heterocycles. The molecule has 8 heteroatoms. The summed E-state index contributed by atoms with van der Waals surface area (Å²) in [5.74, 6) is 0.903. The normalized spacial score (nSPS) is 14.6. The number of carbonyl (C=O) groups is 1. The molecule has 1 aliphatic rings. The Labute approximate surface area is 157 Å². The Morgan fingerprint density at radius 3 is 2.85 bits per heavy atom. The number of urea groups is 1. The quantitative estimate of drug-likeness (QED) is 0.740. The van der Waals surface area contributed by atoms with Crippen LogP contribution in [-0.4, -0.2) is 63.6 Å². The van der Waals surface area contributed by atoms with Crippen LogP contribution in [0.1, 0.15) is 13.3 Å². The lowest BCUT2D eigenvalue weighted by Gasteiger charge is -2.35. The highest BCUT2D eigenvalue weighted by atomic mass is 16.2. The zero-order valence-electron chi connectivity index (χ0n) is 15.4. The monoisotopic (exact) mass is 365 g/mol. The number of fused-ring (bicyclic) bond motifs is 1. The highest BCUT2D eigenvalue weighted by Gasteiger charge is 2.23. The maximum atomic E-state index is 12.1. The first-order valence-electron chi connectivity index (χ1n) is 9.28. The summed E-state index contributed by atoms with van der Waals surface area (Å²) < 4.78 is 0. The van der Waals surface area contributed by atoms with Crippen molar-refractivity contribution in [3.63, 3.8) is 0 Å². The van der Waals surface area contributed by atoms with Crippen molar-refractivity contribution in [2.75, 3.05) is 37.6 Å². The summed E-state index contributed by atoms with van der Waals surface area (Å²) in [6.45, 7) is 5.63. The van der Waals surface area contributed by atoms with Crippen LogP contribution in [0, 0.1) is 0 Å². The summed E-state index contributed by atoms with van der Waals surface area (Å²) in [4.78, 5) is 32.6. The van der Waals surface area contributed by atoms with Gasteiger partial charge in [0.1, 0.15) is 17.8 Å². The number of hydrogen-bond acceptors (Lipinski definition) is 5. The van der Waals surface area contributed by atoms with E-state index < -0.39 is 0 Å². The number of H-pyrrole nitrogens is 1. The van der Waals surface area contributed by atoms with Gasteiger partial charge < -0.3 is 20.1 Å². The first-order chi connectivity index (χ1) is 13.3. The van der Waals surface area contributed by atoms with E-state index in [-0.39, 0.29) is 6.03 Å². The lowest BCUT2D eigenvalue weighted by Crippen LogP contribution is -2.52. The molecule has 0 spiro atoms. The van der Waals surface area contributed by atoms with Gasteiger partial charge in [-0.1, -0.05) is 6.92 Å². The fourth-order valence-corrected chi connectivity index (χ4v) is 3.32. The van der Waals surface area contributed by atoms with Gasteiger partial charge in [-0.25, -0.2) is 14.8 Å². The number of rotatable bonds is 4. The lowest BCUT2D eigenvalue weighted by atomic mass is 10.2. The number of anilines is 1. The Bertz CT molecular complexity index is 916. The van der Waals surface area contributed by atoms with Gasteiger partial charge in [-0.2, -0.15) is 0 Å². The van der Waals surface area contributed by atoms with Gasteiger partial charge in [0.05, 0.1) is 5.39 Å². The Morgan fingerprint density at radius 2 is 2.11 bits per heavy atom. The predicted octanol–water partition coefficient (Wildman–Crippen LogP) is 2.26. The van der Waals surface area contributed by atoms with Crippen LogP contribution >= 0.6 is 0 Å². The molecule has 0 aliphatic carbocycles. The number of aromatic nitrogens is 4. The smallest absolute Gasteiger partial charge is 0.317 e. The maximum Gasteiger partial charge on any atom is 0.317 e. The third kappa shape index (κ3) is 3.55. The molecule has 4 rings (SSSR count). The minimum atomic E-state index is 0.0184. The molecule has 4 heterocycles. The molecule has 8 nitrogen and oxygen atoms in total. The molecule has 0 unspecified atom stereocenters. The molecule has 3 aromatic heterocycles. The number of nitrogens with zero attached hydrogens (tertiary/aromatic N) is 5. The van der Waals surface area contributed by atoms with E-state index in [4.69, 9.17) is 0 Å². The van der Waals surface area contributed by atoms with E-state index in [2.05, 4.69) is 43.1 Å². The van der Waals surface area contributed by atoms with Gasteiger partial charge in [0, 0.05) is 56.4 Å². The molecule has 1 aliphatic heterocycles. The van der Waals surface area contributed by atoms with E-state index in [0.717, 1.165) is 47.6 Å². The third-order valence-corrected chi connectivity index (χ3v) is 4.77. The molecular formula is C19H23N7O. The number of piperazine rings is 1. The summed E-state index contributed by atoms with van der Waals surface area (Å²) in [6, 6.07) is 6.02. The molecule has 140 valence electrons. The van der Waals surface area contributed by atoms with Gasteiger partial charge in [-0.05, 0) is 24.6 Å². The van der Waals surface area contributed by atoms with E-state index in [1.165, 1.54) is 0 Å². The third-order valence-electron chi connectivity index (χ3n) is 4.77. The molecule has 2 N–H and O–H groups in total. The van der Waals surface area contributed by atoms with E-state index in [1.54, 1.807) is 12.5 Å². The van der Waals surface area contributed by atoms with Crippen LogP contribution in [0.5, 0.6) is 0 Å². The molecule has 2 amide bonds. The largest absolute Gasteiger partial charge is 0.352 e. The summed E-state index contributed by atoms with van der Waals surface area (Å²) in [7, 11) is 0. The average molecular weight is 365 g/mol. The Morgan fingerprint density at radius 1 is 1.26 bits per heavy atom. The molecule has 27 heavy (non-hydrogen) atoms. The second-order valence-corrected chi connectivity index (χ2v) is 6.59. The Hall–Kier alpha value is -3.16. The molecule has 0 bridgehead atoms. The van der Waals surface area contributed by atoms with Crippen molar-refractivity contribution < 1.29 is 4.79 Å². The van der Waals surface area contributed by atoms with Crippen molar-refractivity contribution in [2.45, 2.75) is 13.3 Å². The van der Waals surface area contributed by atoms with E-state index >= 15 is 0 Å². The second-order valence-electron chi connectivity index (χ2n) is 6.59. The maximum absolute atomic E-state index is 12.1. The topological polar surface area (TPSA) is 90.0 Å². The minimum Gasteiger partial charge on any atom is -0.352 e. The fraction of sp³-hybridized carbons (Fsp3) is 0.368. The van der Waals surface area contributed by atoms with Gasteiger partial charge in [-0.15, -0.1) is 0 Å². The highest BCUT2D eigenvalue weighted by Crippen LogP contribution is 2.28. The van der Waals surface area contributed by atoms with Crippen molar-refractivity contribution in [1.82, 2.24) is 30.2 Å². The van der Waals surface area contributed by atoms with E-state index in [0.29, 0.717) is 19.6 Å². The van der Waals surface area contributed by atoms with Gasteiger partial charge in [0.15, 0.2) is 0 Å². The zero-order valence-corrected chi connectivity index (χ0v) is 15.4. The van der Waals surface area contributed by atoms with Crippen molar-refractivity contribution in [2.24, 2.45) is 0 Å². The van der Waals surface area contributed by atoms with E-state index in [1.807, 2.05) is 23.2 Å².